The van der Waals surface area contributed by atoms with Gasteiger partial charge in [-0.05, 0) is 37.9 Å². The van der Waals surface area contributed by atoms with Gasteiger partial charge in [-0.25, -0.2) is 0 Å². The zero-order valence-corrected chi connectivity index (χ0v) is 15.9. The molecule has 0 spiro atoms. The van der Waals surface area contributed by atoms with E-state index >= 15 is 0 Å². The Morgan fingerprint density at radius 1 is 0.769 bits per heavy atom. The molecule has 0 aliphatic heterocycles. The van der Waals surface area contributed by atoms with E-state index in [0.29, 0.717) is 0 Å². The number of hydrogen-bond donors (Lipinski definition) is 0. The van der Waals surface area contributed by atoms with Crippen molar-refractivity contribution in [2.45, 2.75) is 0 Å². The van der Waals surface area contributed by atoms with E-state index in [9.17, 15) is 0 Å². The Morgan fingerprint density at radius 3 is 2.27 bits per heavy atom. The van der Waals surface area contributed by atoms with Gasteiger partial charge in [-0.2, -0.15) is 0 Å². The molecule has 0 saturated heterocycles. The highest BCUT2D eigenvalue weighted by Gasteiger charge is 2.12. The van der Waals surface area contributed by atoms with Gasteiger partial charge in [-0.3, -0.25) is 4.90 Å². The third-order valence-corrected chi connectivity index (χ3v) is 5.04. The van der Waals surface area contributed by atoms with E-state index in [1.54, 1.807) is 0 Å². The lowest BCUT2D eigenvalue weighted by Gasteiger charge is -2.25. The van der Waals surface area contributed by atoms with E-state index in [1.807, 2.05) is 0 Å². The molecule has 0 fully saturated rings. The van der Waals surface area contributed by atoms with Gasteiger partial charge in [-0.1, -0.05) is 48.5 Å². The SMILES string of the molecule is CN(C)CN(C)c1ccccc1-c1ccc2c3ccccc3n(C)c2c1. The molecule has 26 heavy (non-hydrogen) atoms. The van der Waals surface area contributed by atoms with Crippen LogP contribution in [0.15, 0.2) is 66.7 Å². The standard InChI is InChI=1S/C23H25N3/c1-24(2)16-25(3)21-11-7-5-9-18(21)17-13-14-20-19-10-6-8-12-22(19)26(4)23(20)15-17/h5-15H,16H2,1-4H3. The highest BCUT2D eigenvalue weighted by atomic mass is 15.3. The number of fused-ring (bicyclic) bond motifs is 3. The highest BCUT2D eigenvalue weighted by molar-refractivity contribution is 6.09. The van der Waals surface area contributed by atoms with E-state index in [-0.39, 0.29) is 0 Å². The fourth-order valence-electron chi connectivity index (χ4n) is 3.88. The van der Waals surface area contributed by atoms with Crippen LogP contribution in [0, 0.1) is 0 Å². The van der Waals surface area contributed by atoms with E-state index < -0.39 is 0 Å². The smallest absolute Gasteiger partial charge is 0.0699 e. The zero-order valence-electron chi connectivity index (χ0n) is 15.9. The quantitative estimate of drug-likeness (QED) is 0.486. The van der Waals surface area contributed by atoms with E-state index in [4.69, 9.17) is 0 Å². The number of rotatable bonds is 4. The second-order valence-electron chi connectivity index (χ2n) is 7.24. The number of para-hydroxylation sites is 2. The van der Waals surface area contributed by atoms with Crippen molar-refractivity contribution in [3.63, 3.8) is 0 Å². The Bertz CT molecular complexity index is 1080. The molecule has 4 aromatic rings. The first-order valence-corrected chi connectivity index (χ1v) is 8.98. The second-order valence-corrected chi connectivity index (χ2v) is 7.24. The first-order valence-electron chi connectivity index (χ1n) is 8.98. The minimum absolute atomic E-state index is 0.882. The molecule has 0 aliphatic rings. The fourth-order valence-corrected chi connectivity index (χ4v) is 3.88. The molecular weight excluding hydrogens is 318 g/mol. The maximum Gasteiger partial charge on any atom is 0.0699 e. The van der Waals surface area contributed by atoms with Crippen molar-refractivity contribution in [3.05, 3.63) is 66.7 Å². The van der Waals surface area contributed by atoms with Crippen LogP contribution in [0.1, 0.15) is 0 Å². The van der Waals surface area contributed by atoms with E-state index in [1.165, 1.54) is 38.6 Å². The Kier molecular flexibility index (Phi) is 4.17. The number of anilines is 1. The summed E-state index contributed by atoms with van der Waals surface area (Å²) in [5.74, 6) is 0. The molecule has 3 aromatic carbocycles. The van der Waals surface area contributed by atoms with Gasteiger partial charge in [0.15, 0.2) is 0 Å². The van der Waals surface area contributed by atoms with Crippen LogP contribution in [0.4, 0.5) is 5.69 Å². The number of aryl methyl sites for hydroxylation is 1. The van der Waals surface area contributed by atoms with Crippen molar-refractivity contribution in [1.82, 2.24) is 9.47 Å². The zero-order chi connectivity index (χ0) is 18.3. The lowest BCUT2D eigenvalue weighted by atomic mass is 10.0. The Labute approximate surface area is 155 Å². The monoisotopic (exact) mass is 343 g/mol. The van der Waals surface area contributed by atoms with Gasteiger partial charge in [-0.15, -0.1) is 0 Å². The van der Waals surface area contributed by atoms with Gasteiger partial charge < -0.3 is 9.47 Å². The average Bonchev–Trinajstić information content (AvgIpc) is 2.94. The van der Waals surface area contributed by atoms with Gasteiger partial charge in [0.05, 0.1) is 6.67 Å². The van der Waals surface area contributed by atoms with Crippen molar-refractivity contribution in [1.29, 1.82) is 0 Å². The third kappa shape index (κ3) is 2.74. The largest absolute Gasteiger partial charge is 0.361 e. The Hall–Kier alpha value is -2.78. The topological polar surface area (TPSA) is 11.4 Å². The molecule has 3 heteroatoms. The molecule has 3 nitrogen and oxygen atoms in total. The lowest BCUT2D eigenvalue weighted by molar-refractivity contribution is 0.412. The molecule has 0 atom stereocenters. The number of aromatic nitrogens is 1. The highest BCUT2D eigenvalue weighted by Crippen LogP contribution is 2.35. The summed E-state index contributed by atoms with van der Waals surface area (Å²) in [6.07, 6.45) is 0. The van der Waals surface area contributed by atoms with Gasteiger partial charge in [0, 0.05) is 47.2 Å². The second kappa shape index (κ2) is 6.50. The molecule has 0 unspecified atom stereocenters. The normalized spacial score (nSPS) is 11.6. The summed E-state index contributed by atoms with van der Waals surface area (Å²) in [6, 6.07) is 24.1. The molecule has 4 rings (SSSR count). The summed E-state index contributed by atoms with van der Waals surface area (Å²) in [5, 5.41) is 2.63. The van der Waals surface area contributed by atoms with Crippen LogP contribution in [0.3, 0.4) is 0 Å². The maximum atomic E-state index is 2.32. The van der Waals surface area contributed by atoms with E-state index in [0.717, 1.165) is 6.67 Å². The number of nitrogens with zero attached hydrogens (tertiary/aromatic N) is 3. The Balaban J connectivity index is 1.88. The minimum atomic E-state index is 0.882. The van der Waals surface area contributed by atoms with E-state index in [2.05, 4.69) is 109 Å². The third-order valence-electron chi connectivity index (χ3n) is 5.04. The molecule has 0 N–H and O–H groups in total. The van der Waals surface area contributed by atoms with Gasteiger partial charge in [0.25, 0.3) is 0 Å². The summed E-state index contributed by atoms with van der Waals surface area (Å²) in [5.41, 5.74) is 6.32. The molecule has 0 amide bonds. The van der Waals surface area contributed by atoms with Crippen LogP contribution in [0.25, 0.3) is 32.9 Å². The molecule has 1 aromatic heterocycles. The van der Waals surface area contributed by atoms with Crippen molar-refractivity contribution in [2.24, 2.45) is 7.05 Å². The fraction of sp³-hybridized carbons (Fsp3) is 0.217. The molecule has 0 saturated carbocycles. The van der Waals surface area contributed by atoms with Gasteiger partial charge in [0.1, 0.15) is 0 Å². The predicted octanol–water partition coefficient (Wildman–Crippen LogP) is 4.95. The van der Waals surface area contributed by atoms with Crippen LogP contribution >= 0.6 is 0 Å². The predicted molar refractivity (Wildman–Crippen MR) is 113 cm³/mol. The summed E-state index contributed by atoms with van der Waals surface area (Å²) in [4.78, 5) is 4.48. The van der Waals surface area contributed by atoms with Crippen molar-refractivity contribution >= 4 is 27.5 Å². The number of benzene rings is 3. The number of hydrogen-bond acceptors (Lipinski definition) is 2. The first kappa shape index (κ1) is 16.7. The summed E-state index contributed by atoms with van der Waals surface area (Å²) in [6.45, 7) is 0.882. The molecule has 0 radical (unpaired) electrons. The lowest BCUT2D eigenvalue weighted by Crippen LogP contribution is -2.30. The van der Waals surface area contributed by atoms with Crippen LogP contribution in [0.5, 0.6) is 0 Å². The van der Waals surface area contributed by atoms with Crippen LogP contribution in [-0.2, 0) is 7.05 Å². The molecule has 0 aliphatic carbocycles. The summed E-state index contributed by atoms with van der Waals surface area (Å²) in [7, 11) is 8.49. The minimum Gasteiger partial charge on any atom is -0.361 e. The van der Waals surface area contributed by atoms with Crippen LogP contribution in [0.2, 0.25) is 0 Å². The average molecular weight is 343 g/mol. The van der Waals surface area contributed by atoms with Crippen molar-refractivity contribution in [2.75, 3.05) is 32.7 Å². The summed E-state index contributed by atoms with van der Waals surface area (Å²) >= 11 is 0. The molecule has 1 heterocycles. The van der Waals surface area contributed by atoms with Crippen molar-refractivity contribution in [3.8, 4) is 11.1 Å². The summed E-state index contributed by atoms with van der Waals surface area (Å²) < 4.78 is 2.29. The van der Waals surface area contributed by atoms with Crippen molar-refractivity contribution < 1.29 is 0 Å². The first-order chi connectivity index (χ1) is 12.6. The van der Waals surface area contributed by atoms with Gasteiger partial charge >= 0.3 is 0 Å². The Morgan fingerprint density at radius 2 is 1.46 bits per heavy atom. The molecule has 132 valence electrons. The van der Waals surface area contributed by atoms with Crippen LogP contribution in [-0.4, -0.2) is 37.3 Å². The van der Waals surface area contributed by atoms with Crippen LogP contribution < -0.4 is 4.90 Å². The van der Waals surface area contributed by atoms with Gasteiger partial charge in [0.2, 0.25) is 0 Å². The molecular formula is C23H25N3. The maximum absolute atomic E-state index is 2.32. The molecule has 0 bridgehead atoms.